The Balaban J connectivity index is 0.000000293. The van der Waals surface area contributed by atoms with E-state index in [1.165, 1.54) is 23.3 Å². The summed E-state index contributed by atoms with van der Waals surface area (Å²) in [6.45, 7) is 16.0. The molecular formula is C25H39N3O2S. The molecular weight excluding hydrogens is 406 g/mol. The van der Waals surface area contributed by atoms with Gasteiger partial charge in [-0.1, -0.05) is 58.9 Å². The fourth-order valence-corrected chi connectivity index (χ4v) is 4.13. The van der Waals surface area contributed by atoms with Crippen LogP contribution in [0.1, 0.15) is 65.6 Å². The van der Waals surface area contributed by atoms with Crippen LogP contribution in [0.5, 0.6) is 0 Å². The van der Waals surface area contributed by atoms with Crippen molar-refractivity contribution in [1.82, 2.24) is 15.2 Å². The smallest absolute Gasteiger partial charge is 0.225 e. The van der Waals surface area contributed by atoms with E-state index in [4.69, 9.17) is 0 Å². The first-order chi connectivity index (χ1) is 14.8. The Hall–Kier alpha value is -2.21. The maximum absolute atomic E-state index is 11.9. The third-order valence-electron chi connectivity index (χ3n) is 5.58. The molecule has 6 heteroatoms. The molecule has 31 heavy (non-hydrogen) atoms. The van der Waals surface area contributed by atoms with E-state index >= 15 is 0 Å². The first-order valence-corrected chi connectivity index (χ1v) is 12.2. The van der Waals surface area contributed by atoms with Crippen molar-refractivity contribution in [1.29, 1.82) is 0 Å². The topological polar surface area (TPSA) is 62.3 Å². The summed E-state index contributed by atoms with van der Waals surface area (Å²) in [5.41, 5.74) is 5.18. The Morgan fingerprint density at radius 3 is 2.35 bits per heavy atom. The molecule has 2 amide bonds. The standard InChI is InChI=1S/C12H12N2OS.C11H21NO.C2H6/c1-9-12(16-8-14-9)11-4-2-10(3-5-11)6-13-7-15;1-8(2)10(4)11(13)12-7-5-6-9(12)3;1-2/h2-5,7-8H,6H2,1H3,(H,13,15);8-10H,5-7H2,1-4H3;1-2H3. The Labute approximate surface area is 192 Å². The third kappa shape index (κ3) is 8.09. The molecule has 1 N–H and O–H groups in total. The molecule has 172 valence electrons. The van der Waals surface area contributed by atoms with Gasteiger partial charge in [-0.25, -0.2) is 4.98 Å². The van der Waals surface area contributed by atoms with Crippen LogP contribution in [0.15, 0.2) is 29.8 Å². The molecule has 1 aliphatic heterocycles. The van der Waals surface area contributed by atoms with Gasteiger partial charge in [-0.2, -0.15) is 0 Å². The molecule has 1 aromatic heterocycles. The predicted molar refractivity (Wildman–Crippen MR) is 131 cm³/mol. The largest absolute Gasteiger partial charge is 0.355 e. The third-order valence-corrected chi connectivity index (χ3v) is 6.55. The van der Waals surface area contributed by atoms with Crippen LogP contribution >= 0.6 is 11.3 Å². The number of carbonyl (C=O) groups excluding carboxylic acids is 2. The maximum Gasteiger partial charge on any atom is 0.225 e. The van der Waals surface area contributed by atoms with Gasteiger partial charge >= 0.3 is 0 Å². The van der Waals surface area contributed by atoms with E-state index in [2.05, 4.69) is 43.2 Å². The average Bonchev–Trinajstić information content (AvgIpc) is 3.41. The number of amides is 2. The number of thiazole rings is 1. The molecule has 1 fully saturated rings. The van der Waals surface area contributed by atoms with E-state index < -0.39 is 0 Å². The number of hydrogen-bond donors (Lipinski definition) is 1. The van der Waals surface area contributed by atoms with Crippen molar-refractivity contribution in [3.05, 3.63) is 41.0 Å². The number of likely N-dealkylation sites (tertiary alicyclic amines) is 1. The second-order valence-electron chi connectivity index (χ2n) is 8.02. The van der Waals surface area contributed by atoms with Crippen molar-refractivity contribution in [3.8, 4) is 10.4 Å². The number of aromatic nitrogens is 1. The molecule has 1 aromatic carbocycles. The molecule has 3 rings (SSSR count). The van der Waals surface area contributed by atoms with Gasteiger partial charge in [0.25, 0.3) is 0 Å². The summed E-state index contributed by atoms with van der Waals surface area (Å²) in [5, 5.41) is 2.64. The lowest BCUT2D eigenvalue weighted by Gasteiger charge is -2.26. The van der Waals surface area contributed by atoms with Gasteiger partial charge in [0.15, 0.2) is 0 Å². The number of nitrogens with zero attached hydrogens (tertiary/aromatic N) is 2. The van der Waals surface area contributed by atoms with Gasteiger partial charge in [-0.3, -0.25) is 9.59 Å². The summed E-state index contributed by atoms with van der Waals surface area (Å²) in [5.74, 6) is 0.987. The Morgan fingerprint density at radius 2 is 1.90 bits per heavy atom. The summed E-state index contributed by atoms with van der Waals surface area (Å²) in [7, 11) is 0. The van der Waals surface area contributed by atoms with Crippen molar-refractivity contribution in [2.45, 2.75) is 73.9 Å². The Morgan fingerprint density at radius 1 is 1.26 bits per heavy atom. The molecule has 0 bridgehead atoms. The van der Waals surface area contributed by atoms with Crippen molar-refractivity contribution in [3.63, 3.8) is 0 Å². The summed E-state index contributed by atoms with van der Waals surface area (Å²) in [6, 6.07) is 8.62. The van der Waals surface area contributed by atoms with Gasteiger partial charge < -0.3 is 10.2 Å². The highest BCUT2D eigenvalue weighted by atomic mass is 32.1. The quantitative estimate of drug-likeness (QED) is 0.582. The van der Waals surface area contributed by atoms with Crippen molar-refractivity contribution >= 4 is 23.7 Å². The van der Waals surface area contributed by atoms with Crippen LogP contribution in [-0.4, -0.2) is 34.8 Å². The van der Waals surface area contributed by atoms with Crippen LogP contribution in [0.4, 0.5) is 0 Å². The number of nitrogens with one attached hydrogen (secondary N) is 1. The molecule has 1 aliphatic rings. The molecule has 2 atom stereocenters. The van der Waals surface area contributed by atoms with Crippen LogP contribution in [0.2, 0.25) is 0 Å². The van der Waals surface area contributed by atoms with E-state index in [0.29, 0.717) is 30.8 Å². The SMILES string of the molecule is CC.CC(C)C(C)C(=O)N1CCCC1C.Cc1ncsc1-c1ccc(CNC=O)cc1. The lowest BCUT2D eigenvalue weighted by Crippen LogP contribution is -2.38. The molecule has 2 heterocycles. The summed E-state index contributed by atoms with van der Waals surface area (Å²) < 4.78 is 0. The van der Waals surface area contributed by atoms with Crippen LogP contribution < -0.4 is 5.32 Å². The molecule has 2 aromatic rings. The van der Waals surface area contributed by atoms with E-state index in [1.807, 2.05) is 50.2 Å². The molecule has 0 radical (unpaired) electrons. The molecule has 0 saturated carbocycles. The maximum atomic E-state index is 11.9. The monoisotopic (exact) mass is 445 g/mol. The van der Waals surface area contributed by atoms with Crippen LogP contribution in [0, 0.1) is 18.8 Å². The van der Waals surface area contributed by atoms with Crippen LogP contribution in [-0.2, 0) is 16.1 Å². The lowest BCUT2D eigenvalue weighted by atomic mass is 9.96. The van der Waals surface area contributed by atoms with Gasteiger partial charge in [0, 0.05) is 25.0 Å². The van der Waals surface area contributed by atoms with Gasteiger partial charge in [0.1, 0.15) is 0 Å². The minimum Gasteiger partial charge on any atom is -0.355 e. The highest BCUT2D eigenvalue weighted by molar-refractivity contribution is 7.13. The van der Waals surface area contributed by atoms with Crippen LogP contribution in [0.3, 0.4) is 0 Å². The number of hydrogen-bond acceptors (Lipinski definition) is 4. The van der Waals surface area contributed by atoms with Crippen molar-refractivity contribution in [2.75, 3.05) is 6.54 Å². The average molecular weight is 446 g/mol. The number of carbonyl (C=O) groups is 2. The van der Waals surface area contributed by atoms with Crippen LogP contribution in [0.25, 0.3) is 10.4 Å². The van der Waals surface area contributed by atoms with Crippen molar-refractivity contribution in [2.24, 2.45) is 11.8 Å². The van der Waals surface area contributed by atoms with Gasteiger partial charge in [0.2, 0.25) is 12.3 Å². The highest BCUT2D eigenvalue weighted by Gasteiger charge is 2.29. The molecule has 2 unspecified atom stereocenters. The zero-order valence-electron chi connectivity index (χ0n) is 20.1. The summed E-state index contributed by atoms with van der Waals surface area (Å²) >= 11 is 1.64. The molecule has 0 aliphatic carbocycles. The normalized spacial score (nSPS) is 16.0. The van der Waals surface area contributed by atoms with Crippen molar-refractivity contribution < 1.29 is 9.59 Å². The first-order valence-electron chi connectivity index (χ1n) is 11.3. The number of aryl methyl sites for hydroxylation is 1. The second-order valence-corrected chi connectivity index (χ2v) is 8.87. The van der Waals surface area contributed by atoms with E-state index in [1.54, 1.807) is 11.3 Å². The van der Waals surface area contributed by atoms with Gasteiger partial charge in [-0.15, -0.1) is 11.3 Å². The summed E-state index contributed by atoms with van der Waals surface area (Å²) in [4.78, 5) is 29.6. The van der Waals surface area contributed by atoms with E-state index in [9.17, 15) is 9.59 Å². The molecule has 1 saturated heterocycles. The second kappa shape index (κ2) is 14.0. The number of benzene rings is 1. The molecule has 5 nitrogen and oxygen atoms in total. The fourth-order valence-electron chi connectivity index (χ4n) is 3.32. The Kier molecular flexibility index (Phi) is 12.1. The summed E-state index contributed by atoms with van der Waals surface area (Å²) in [6.07, 6.45) is 3.07. The van der Waals surface area contributed by atoms with E-state index in [0.717, 1.165) is 17.8 Å². The minimum atomic E-state index is 0.181. The zero-order valence-corrected chi connectivity index (χ0v) is 21.0. The van der Waals surface area contributed by atoms with Gasteiger partial charge in [0.05, 0.1) is 16.1 Å². The lowest BCUT2D eigenvalue weighted by molar-refractivity contribution is -0.136. The van der Waals surface area contributed by atoms with Gasteiger partial charge in [-0.05, 0) is 43.7 Å². The fraction of sp³-hybridized carbons (Fsp3) is 0.560. The zero-order chi connectivity index (χ0) is 23.4. The Bertz CT molecular complexity index is 786. The molecule has 0 spiro atoms. The first kappa shape index (κ1) is 26.8. The predicted octanol–water partition coefficient (Wildman–Crippen LogP) is 5.68. The van der Waals surface area contributed by atoms with E-state index in [-0.39, 0.29) is 5.92 Å². The number of rotatable bonds is 6. The highest BCUT2D eigenvalue weighted by Crippen LogP contribution is 2.27. The minimum absolute atomic E-state index is 0.181.